The van der Waals surface area contributed by atoms with E-state index in [0.29, 0.717) is 5.13 Å². The highest BCUT2D eigenvalue weighted by molar-refractivity contribution is 7.13. The number of thiazole rings is 1. The van der Waals surface area contributed by atoms with Crippen LogP contribution >= 0.6 is 11.3 Å². The standard InChI is InChI=1S/C12H19N3O4S/c1-12(2,3)8-6-20-11(14-8)15-10(19)13-7(4-5-16)9(17)18/h6-7,16H,4-5H2,1-3H3,(H,17,18)(H2,13,14,15,19)/t7-/m1/s1. The fraction of sp³-hybridized carbons (Fsp3) is 0.583. The van der Waals surface area contributed by atoms with Crippen molar-refractivity contribution in [3.05, 3.63) is 11.1 Å². The molecule has 0 saturated heterocycles. The van der Waals surface area contributed by atoms with Gasteiger partial charge in [-0.1, -0.05) is 20.8 Å². The van der Waals surface area contributed by atoms with Crippen LogP contribution in [0.2, 0.25) is 0 Å². The molecule has 0 bridgehead atoms. The van der Waals surface area contributed by atoms with E-state index in [1.165, 1.54) is 11.3 Å². The summed E-state index contributed by atoms with van der Waals surface area (Å²) in [4.78, 5) is 26.8. The summed E-state index contributed by atoms with van der Waals surface area (Å²) in [5.74, 6) is -1.19. The number of aromatic nitrogens is 1. The third-order valence-corrected chi connectivity index (χ3v) is 3.27. The third kappa shape index (κ3) is 4.78. The van der Waals surface area contributed by atoms with Gasteiger partial charge in [-0.15, -0.1) is 11.3 Å². The summed E-state index contributed by atoms with van der Waals surface area (Å²) in [6, 6.07) is -1.78. The van der Waals surface area contributed by atoms with E-state index in [0.717, 1.165) is 5.69 Å². The number of hydrogen-bond acceptors (Lipinski definition) is 5. The molecule has 112 valence electrons. The maximum Gasteiger partial charge on any atom is 0.326 e. The molecule has 0 spiro atoms. The predicted octanol–water partition coefficient (Wildman–Crippen LogP) is 1.40. The molecule has 1 heterocycles. The molecule has 0 saturated carbocycles. The molecule has 7 nitrogen and oxygen atoms in total. The third-order valence-electron chi connectivity index (χ3n) is 2.51. The Morgan fingerprint density at radius 2 is 2.10 bits per heavy atom. The van der Waals surface area contributed by atoms with Gasteiger partial charge in [0.2, 0.25) is 0 Å². The molecule has 0 aromatic carbocycles. The SMILES string of the molecule is CC(C)(C)c1csc(NC(=O)N[C@H](CCO)C(=O)O)n1. The van der Waals surface area contributed by atoms with Crippen LogP contribution in [0, 0.1) is 0 Å². The summed E-state index contributed by atoms with van der Waals surface area (Å²) in [5, 5.41) is 24.6. The number of nitrogens with one attached hydrogen (secondary N) is 2. The lowest BCUT2D eigenvalue weighted by atomic mass is 9.93. The molecule has 0 unspecified atom stereocenters. The topological polar surface area (TPSA) is 112 Å². The van der Waals surface area contributed by atoms with Gasteiger partial charge < -0.3 is 15.5 Å². The first kappa shape index (κ1) is 16.4. The minimum atomic E-state index is -1.19. The normalized spacial score (nSPS) is 12.8. The van der Waals surface area contributed by atoms with E-state index < -0.39 is 18.0 Å². The average Bonchev–Trinajstić information content (AvgIpc) is 2.76. The van der Waals surface area contributed by atoms with Crippen molar-refractivity contribution < 1.29 is 19.8 Å². The largest absolute Gasteiger partial charge is 0.480 e. The van der Waals surface area contributed by atoms with Gasteiger partial charge in [-0.05, 0) is 0 Å². The molecule has 2 amide bonds. The number of hydrogen-bond donors (Lipinski definition) is 4. The maximum absolute atomic E-state index is 11.7. The number of carboxylic acid groups (broad SMARTS) is 1. The van der Waals surface area contributed by atoms with Gasteiger partial charge >= 0.3 is 12.0 Å². The molecule has 1 aromatic heterocycles. The number of nitrogens with zero attached hydrogens (tertiary/aromatic N) is 1. The second-order valence-corrected chi connectivity index (χ2v) is 6.15. The van der Waals surface area contributed by atoms with Crippen molar-refractivity contribution in [3.63, 3.8) is 0 Å². The number of aliphatic hydroxyl groups excluding tert-OH is 1. The Balaban J connectivity index is 2.62. The molecule has 0 aliphatic carbocycles. The van der Waals surface area contributed by atoms with Crippen LogP contribution in [-0.4, -0.2) is 39.8 Å². The van der Waals surface area contributed by atoms with Crippen LogP contribution < -0.4 is 10.6 Å². The zero-order chi connectivity index (χ0) is 15.3. The van der Waals surface area contributed by atoms with Crippen molar-refractivity contribution >= 4 is 28.5 Å². The van der Waals surface area contributed by atoms with Crippen molar-refractivity contribution in [1.82, 2.24) is 10.3 Å². The monoisotopic (exact) mass is 301 g/mol. The van der Waals surface area contributed by atoms with E-state index in [9.17, 15) is 9.59 Å². The molecule has 1 atom stereocenters. The number of rotatable bonds is 5. The molecule has 0 fully saturated rings. The molecule has 1 aromatic rings. The van der Waals surface area contributed by atoms with Gasteiger partial charge in [0, 0.05) is 23.8 Å². The van der Waals surface area contributed by atoms with Gasteiger partial charge in [0.15, 0.2) is 5.13 Å². The predicted molar refractivity (Wildman–Crippen MR) is 76.1 cm³/mol. The molecule has 20 heavy (non-hydrogen) atoms. The molecular weight excluding hydrogens is 282 g/mol. The Morgan fingerprint density at radius 1 is 1.45 bits per heavy atom. The number of carbonyl (C=O) groups is 2. The number of anilines is 1. The second-order valence-electron chi connectivity index (χ2n) is 5.29. The highest BCUT2D eigenvalue weighted by Crippen LogP contribution is 2.26. The van der Waals surface area contributed by atoms with Crippen LogP contribution in [-0.2, 0) is 10.2 Å². The molecular formula is C12H19N3O4S. The number of aliphatic carboxylic acids is 1. The van der Waals surface area contributed by atoms with E-state index >= 15 is 0 Å². The van der Waals surface area contributed by atoms with E-state index in [2.05, 4.69) is 15.6 Å². The first-order valence-electron chi connectivity index (χ1n) is 6.11. The van der Waals surface area contributed by atoms with E-state index in [-0.39, 0.29) is 18.4 Å². The van der Waals surface area contributed by atoms with Crippen molar-refractivity contribution in [2.75, 3.05) is 11.9 Å². The van der Waals surface area contributed by atoms with Gasteiger partial charge in [-0.3, -0.25) is 5.32 Å². The first-order chi connectivity index (χ1) is 9.24. The molecule has 4 N–H and O–H groups in total. The van der Waals surface area contributed by atoms with E-state index in [1.807, 2.05) is 26.2 Å². The van der Waals surface area contributed by atoms with Gasteiger partial charge in [-0.2, -0.15) is 0 Å². The zero-order valence-corrected chi connectivity index (χ0v) is 12.5. The van der Waals surface area contributed by atoms with E-state index in [4.69, 9.17) is 10.2 Å². The Labute approximate surface area is 121 Å². The lowest BCUT2D eigenvalue weighted by molar-refractivity contribution is -0.139. The summed E-state index contributed by atoms with van der Waals surface area (Å²) < 4.78 is 0. The summed E-state index contributed by atoms with van der Waals surface area (Å²) >= 11 is 1.27. The van der Waals surface area contributed by atoms with Gasteiger partial charge in [0.05, 0.1) is 5.69 Å². The van der Waals surface area contributed by atoms with Crippen LogP contribution in [0.4, 0.5) is 9.93 Å². The van der Waals surface area contributed by atoms with Gasteiger partial charge in [0.25, 0.3) is 0 Å². The van der Waals surface area contributed by atoms with E-state index in [1.54, 1.807) is 0 Å². The Morgan fingerprint density at radius 3 is 2.55 bits per heavy atom. The van der Waals surface area contributed by atoms with Crippen LogP contribution in [0.3, 0.4) is 0 Å². The molecule has 0 aliphatic rings. The first-order valence-corrected chi connectivity index (χ1v) is 6.99. The summed E-state index contributed by atoms with van der Waals surface area (Å²) in [7, 11) is 0. The Hall–Kier alpha value is -1.67. The van der Waals surface area contributed by atoms with Crippen LogP contribution in [0.1, 0.15) is 32.9 Å². The Kier molecular flexibility index (Phi) is 5.46. The average molecular weight is 301 g/mol. The van der Waals surface area contributed by atoms with Crippen LogP contribution in [0.25, 0.3) is 0 Å². The second kappa shape index (κ2) is 6.67. The Bertz CT molecular complexity index is 481. The lowest BCUT2D eigenvalue weighted by Crippen LogP contribution is -2.43. The fourth-order valence-electron chi connectivity index (χ4n) is 1.35. The number of urea groups is 1. The quantitative estimate of drug-likeness (QED) is 0.657. The number of amides is 2. The summed E-state index contributed by atoms with van der Waals surface area (Å²) in [6.45, 7) is 5.71. The minimum Gasteiger partial charge on any atom is -0.480 e. The number of carbonyl (C=O) groups excluding carboxylic acids is 1. The molecule has 8 heteroatoms. The van der Waals surface area contributed by atoms with Crippen molar-refractivity contribution in [1.29, 1.82) is 0 Å². The number of carboxylic acids is 1. The van der Waals surface area contributed by atoms with Gasteiger partial charge in [0.1, 0.15) is 6.04 Å². The smallest absolute Gasteiger partial charge is 0.326 e. The molecule has 0 aliphatic heterocycles. The fourth-order valence-corrected chi connectivity index (χ4v) is 2.29. The van der Waals surface area contributed by atoms with Crippen LogP contribution in [0.15, 0.2) is 5.38 Å². The van der Waals surface area contributed by atoms with Crippen LogP contribution in [0.5, 0.6) is 0 Å². The lowest BCUT2D eigenvalue weighted by Gasteiger charge is -2.14. The summed E-state index contributed by atoms with van der Waals surface area (Å²) in [6.07, 6.45) is -0.0478. The van der Waals surface area contributed by atoms with Crippen molar-refractivity contribution in [2.45, 2.75) is 38.6 Å². The highest BCUT2D eigenvalue weighted by atomic mass is 32.1. The highest BCUT2D eigenvalue weighted by Gasteiger charge is 2.21. The molecule has 1 rings (SSSR count). The number of aliphatic hydroxyl groups is 1. The minimum absolute atomic E-state index is 0.0478. The maximum atomic E-state index is 11.7. The van der Waals surface area contributed by atoms with Crippen molar-refractivity contribution in [2.24, 2.45) is 0 Å². The summed E-state index contributed by atoms with van der Waals surface area (Å²) in [5.41, 5.74) is 0.732. The van der Waals surface area contributed by atoms with Gasteiger partial charge in [-0.25, -0.2) is 14.6 Å². The zero-order valence-electron chi connectivity index (χ0n) is 11.6. The van der Waals surface area contributed by atoms with Crippen molar-refractivity contribution in [3.8, 4) is 0 Å². The molecule has 0 radical (unpaired) electrons.